The van der Waals surface area contributed by atoms with Gasteiger partial charge in [-0.25, -0.2) is 0 Å². The van der Waals surface area contributed by atoms with Crippen molar-refractivity contribution in [2.75, 3.05) is 4.90 Å². The molecule has 0 saturated heterocycles. The number of aryl methyl sites for hydroxylation is 3. The van der Waals surface area contributed by atoms with Crippen LogP contribution in [0.3, 0.4) is 0 Å². The number of hydrogen-bond acceptors (Lipinski definition) is 3. The van der Waals surface area contributed by atoms with Gasteiger partial charge in [0.25, 0.3) is 0 Å². The molecule has 332 valence electrons. The third kappa shape index (κ3) is 8.01. The van der Waals surface area contributed by atoms with E-state index in [2.05, 4.69) is 219 Å². The molecule has 2 aromatic heterocycles. The van der Waals surface area contributed by atoms with E-state index in [0.717, 1.165) is 63.2 Å². The highest BCUT2D eigenvalue weighted by Crippen LogP contribution is 2.57. The van der Waals surface area contributed by atoms with Gasteiger partial charge >= 0.3 is 0 Å². The van der Waals surface area contributed by atoms with Crippen LogP contribution < -0.4 is 4.90 Å². The van der Waals surface area contributed by atoms with Gasteiger partial charge in [-0.1, -0.05) is 202 Å². The van der Waals surface area contributed by atoms with Gasteiger partial charge in [-0.05, 0) is 113 Å². The Labute approximate surface area is 400 Å². The van der Waals surface area contributed by atoms with Crippen LogP contribution in [0.15, 0.2) is 239 Å². The minimum Gasteiger partial charge on any atom is -0.460 e. The summed E-state index contributed by atoms with van der Waals surface area (Å²) >= 11 is 0. The maximum atomic E-state index is 6.43. The first-order chi connectivity index (χ1) is 33.6. The normalized spacial score (nSPS) is 12.6. The van der Waals surface area contributed by atoms with Crippen LogP contribution in [0.4, 0.5) is 17.1 Å². The Morgan fingerprint density at radius 2 is 1.00 bits per heavy atom. The van der Waals surface area contributed by atoms with Gasteiger partial charge in [0.05, 0.1) is 16.5 Å². The second kappa shape index (κ2) is 19.4. The Kier molecular flexibility index (Phi) is 12.5. The lowest BCUT2D eigenvalue weighted by Crippen LogP contribution is -2.28. The van der Waals surface area contributed by atoms with E-state index >= 15 is 0 Å². The lowest BCUT2D eigenvalue weighted by atomic mass is 9.67. The van der Waals surface area contributed by atoms with Crippen LogP contribution in [0, 0.1) is 13.8 Å². The molecule has 0 unspecified atom stereocenters. The SMILES string of the molecule is CC.Cc1ccc2c(c1)oc1cccc(N(c3ccccc3)c3ccc4c(c3)C(c3ccccc3)(c3ccccc3)c3ccccc3-4)c12.Cc1ccc2c3c(oc2c1)CCC=C3.c1ccccc1. The lowest BCUT2D eigenvalue weighted by Gasteiger charge is -2.35. The number of anilines is 3. The molecule has 2 heterocycles. The van der Waals surface area contributed by atoms with Crippen molar-refractivity contribution in [3.63, 3.8) is 0 Å². The van der Waals surface area contributed by atoms with Crippen molar-refractivity contribution in [1.29, 1.82) is 0 Å². The molecule has 13 rings (SSSR count). The summed E-state index contributed by atoms with van der Waals surface area (Å²) in [5, 5.41) is 3.48. The van der Waals surface area contributed by atoms with E-state index in [1.807, 2.05) is 50.2 Å². The zero-order valence-corrected chi connectivity index (χ0v) is 39.2. The number of hydrogen-bond donors (Lipinski definition) is 0. The molecular formula is C65H55NO2. The average Bonchev–Trinajstić information content (AvgIpc) is 4.06. The Bertz CT molecular complexity index is 3430. The zero-order valence-electron chi connectivity index (χ0n) is 39.2. The van der Waals surface area contributed by atoms with Crippen molar-refractivity contribution < 1.29 is 8.83 Å². The van der Waals surface area contributed by atoms with Crippen LogP contribution >= 0.6 is 0 Å². The highest BCUT2D eigenvalue weighted by molar-refractivity contribution is 6.13. The van der Waals surface area contributed by atoms with Crippen LogP contribution in [0.2, 0.25) is 0 Å². The Morgan fingerprint density at radius 3 is 1.66 bits per heavy atom. The van der Waals surface area contributed by atoms with Crippen molar-refractivity contribution in [2.24, 2.45) is 0 Å². The van der Waals surface area contributed by atoms with Gasteiger partial charge < -0.3 is 13.7 Å². The molecular weight excluding hydrogens is 827 g/mol. The van der Waals surface area contributed by atoms with Gasteiger partial charge in [-0.15, -0.1) is 0 Å². The number of fused-ring (bicyclic) bond motifs is 9. The topological polar surface area (TPSA) is 29.5 Å². The molecule has 2 aliphatic carbocycles. The molecule has 0 saturated carbocycles. The van der Waals surface area contributed by atoms with E-state index in [4.69, 9.17) is 8.83 Å². The Balaban J connectivity index is 0.000000200. The third-order valence-electron chi connectivity index (χ3n) is 13.0. The van der Waals surface area contributed by atoms with Gasteiger partial charge in [0.2, 0.25) is 0 Å². The minimum absolute atomic E-state index is 0.474. The molecule has 0 aliphatic heterocycles. The molecule has 2 aliphatic rings. The number of nitrogens with zero attached hydrogens (tertiary/aromatic N) is 1. The summed E-state index contributed by atoms with van der Waals surface area (Å²) in [6.45, 7) is 8.20. The fraction of sp³-hybridized carbons (Fsp3) is 0.108. The van der Waals surface area contributed by atoms with E-state index in [1.54, 1.807) is 0 Å². The van der Waals surface area contributed by atoms with E-state index in [-0.39, 0.29) is 0 Å². The maximum Gasteiger partial charge on any atom is 0.137 e. The van der Waals surface area contributed by atoms with Gasteiger partial charge in [-0.3, -0.25) is 0 Å². The summed E-state index contributed by atoms with van der Waals surface area (Å²) in [4.78, 5) is 2.39. The van der Waals surface area contributed by atoms with Crippen LogP contribution in [0.5, 0.6) is 0 Å². The number of para-hydroxylation sites is 1. The second-order valence-electron chi connectivity index (χ2n) is 17.2. The number of allylic oxidation sites excluding steroid dienone is 1. The van der Waals surface area contributed by atoms with Crippen LogP contribution in [-0.2, 0) is 11.8 Å². The first-order valence-corrected chi connectivity index (χ1v) is 23.9. The standard InChI is InChI=1S/C44H31NO.C13H12O.C6H6.C2H6/c1-30-24-26-37-42(28-30)46-41-23-13-22-40(43(37)41)45(33-18-9-4-10-19-33)34-25-27-36-35-20-11-12-21-38(35)44(39(36)29-34,31-14-5-2-6-15-31)32-16-7-3-8-17-32;1-9-6-7-11-10-4-2-3-5-12(10)14-13(11)8-9;1-2-4-6-5-3-1;1-2/h2-29H,1H3;2,4,6-8H,3,5H2,1H3;1-6H;1-2H3. The predicted molar refractivity (Wildman–Crippen MR) is 287 cm³/mol. The number of benzene rings is 9. The molecule has 9 aromatic carbocycles. The molecule has 0 radical (unpaired) electrons. The van der Waals surface area contributed by atoms with Crippen LogP contribution in [0.1, 0.15) is 65.0 Å². The third-order valence-corrected chi connectivity index (χ3v) is 13.0. The first kappa shape index (κ1) is 43.7. The molecule has 0 atom stereocenters. The summed E-state index contributed by atoms with van der Waals surface area (Å²) in [5.41, 5.74) is 17.0. The summed E-state index contributed by atoms with van der Waals surface area (Å²) in [6.07, 6.45) is 6.54. The largest absolute Gasteiger partial charge is 0.460 e. The highest BCUT2D eigenvalue weighted by Gasteiger charge is 2.46. The molecule has 0 amide bonds. The molecule has 68 heavy (non-hydrogen) atoms. The van der Waals surface area contributed by atoms with E-state index < -0.39 is 5.41 Å². The van der Waals surface area contributed by atoms with E-state index in [9.17, 15) is 0 Å². The molecule has 11 aromatic rings. The van der Waals surface area contributed by atoms with Crippen molar-refractivity contribution in [1.82, 2.24) is 0 Å². The molecule has 0 N–H and O–H groups in total. The summed E-state index contributed by atoms with van der Waals surface area (Å²) in [7, 11) is 0. The van der Waals surface area contributed by atoms with Gasteiger partial charge in [0, 0.05) is 34.1 Å². The molecule has 0 fully saturated rings. The zero-order chi connectivity index (χ0) is 46.5. The lowest BCUT2D eigenvalue weighted by molar-refractivity contribution is 0.546. The van der Waals surface area contributed by atoms with Crippen LogP contribution in [0.25, 0.3) is 50.1 Å². The fourth-order valence-electron chi connectivity index (χ4n) is 10.1. The van der Waals surface area contributed by atoms with E-state index in [0.29, 0.717) is 0 Å². The Hall–Kier alpha value is -8.14. The predicted octanol–water partition coefficient (Wildman–Crippen LogP) is 18.1. The summed E-state index contributed by atoms with van der Waals surface area (Å²) in [6, 6.07) is 79.9. The van der Waals surface area contributed by atoms with Crippen molar-refractivity contribution in [3.05, 3.63) is 275 Å². The van der Waals surface area contributed by atoms with Crippen molar-refractivity contribution in [3.8, 4) is 11.1 Å². The summed E-state index contributed by atoms with van der Waals surface area (Å²) in [5.74, 6) is 1.15. The number of furan rings is 2. The average molecular weight is 882 g/mol. The monoisotopic (exact) mass is 881 g/mol. The molecule has 0 spiro atoms. The fourth-order valence-corrected chi connectivity index (χ4v) is 10.1. The smallest absolute Gasteiger partial charge is 0.137 e. The molecule has 0 bridgehead atoms. The second-order valence-corrected chi connectivity index (χ2v) is 17.2. The van der Waals surface area contributed by atoms with Crippen molar-refractivity contribution in [2.45, 2.75) is 46.0 Å². The highest BCUT2D eigenvalue weighted by atomic mass is 16.3. The van der Waals surface area contributed by atoms with E-state index in [1.165, 1.54) is 55.5 Å². The van der Waals surface area contributed by atoms with Gasteiger partial charge in [0.1, 0.15) is 22.5 Å². The van der Waals surface area contributed by atoms with Crippen molar-refractivity contribution >= 4 is 56.0 Å². The first-order valence-electron chi connectivity index (χ1n) is 23.9. The summed E-state index contributed by atoms with van der Waals surface area (Å²) < 4.78 is 12.3. The molecule has 3 heteroatoms. The maximum absolute atomic E-state index is 6.43. The van der Waals surface area contributed by atoms with Crippen LogP contribution in [-0.4, -0.2) is 0 Å². The van der Waals surface area contributed by atoms with Gasteiger partial charge in [-0.2, -0.15) is 0 Å². The number of rotatable bonds is 5. The minimum atomic E-state index is -0.474. The quantitative estimate of drug-likeness (QED) is 0.172. The van der Waals surface area contributed by atoms with Gasteiger partial charge in [0.15, 0.2) is 0 Å². The molecule has 3 nitrogen and oxygen atoms in total. The Morgan fingerprint density at radius 1 is 0.441 bits per heavy atom.